The van der Waals surface area contributed by atoms with Crippen LogP contribution in [0, 0.1) is 0 Å². The molecule has 6 atom stereocenters. The zero-order valence-electron chi connectivity index (χ0n) is 47.3. The lowest BCUT2D eigenvalue weighted by Crippen LogP contribution is -2.61. The summed E-state index contributed by atoms with van der Waals surface area (Å²) in [5.41, 5.74) is 0. The molecule has 0 aromatic carbocycles. The van der Waals surface area contributed by atoms with Crippen molar-refractivity contribution in [2.24, 2.45) is 0 Å². The molecule has 1 saturated heterocycles. The van der Waals surface area contributed by atoms with E-state index in [1.807, 2.05) is 6.08 Å². The van der Waals surface area contributed by atoms with Gasteiger partial charge < -0.3 is 39.0 Å². The lowest BCUT2D eigenvalue weighted by molar-refractivity contribution is -0.301. The Labute approximate surface area is 455 Å². The number of carbonyl (C=O) groups excluding carboxylic acids is 3. The van der Waals surface area contributed by atoms with Crippen LogP contribution in [0.3, 0.4) is 0 Å². The maximum Gasteiger partial charge on any atom is 0.335 e. The van der Waals surface area contributed by atoms with Gasteiger partial charge in [0.05, 0.1) is 6.61 Å². The van der Waals surface area contributed by atoms with Gasteiger partial charge in [-0.2, -0.15) is 0 Å². The van der Waals surface area contributed by atoms with Gasteiger partial charge in [0.25, 0.3) is 0 Å². The first-order valence-corrected chi connectivity index (χ1v) is 29.9. The van der Waals surface area contributed by atoms with E-state index in [9.17, 15) is 34.5 Å². The standard InChI is InChI=1S/C63H106O12/c1-4-7-10-13-16-19-22-25-27-28-30-32-34-37-40-43-46-49-55(64)71-52-54(73-56(65)50-47-44-41-38-35-31-24-21-18-15-12-9-6-3)53-72-63-61(59(68)58(67)60(75-63)62(69)70)74-57(66)51-48-45-42-39-36-33-29-26-23-20-17-14-11-8-5-2/h7,10,16,19,21,24-25,27,30,32,37,40,54,58-61,63,67-68H,4-6,8-9,11-15,17-18,20,22-23,26,28-29,31,33-36,38-39,41-53H2,1-3H3,(H,69,70)/b10-7-,19-16-,24-21-,27-25-,32-30-,40-37-. The van der Waals surface area contributed by atoms with E-state index in [-0.39, 0.29) is 25.9 Å². The molecule has 1 aliphatic rings. The van der Waals surface area contributed by atoms with Gasteiger partial charge in [-0.05, 0) is 83.5 Å². The van der Waals surface area contributed by atoms with E-state index in [0.29, 0.717) is 25.7 Å². The van der Waals surface area contributed by atoms with Gasteiger partial charge in [0, 0.05) is 19.3 Å². The molecule has 1 heterocycles. The number of aliphatic carboxylic acids is 1. The van der Waals surface area contributed by atoms with Crippen molar-refractivity contribution in [3.63, 3.8) is 0 Å². The number of hydrogen-bond donors (Lipinski definition) is 3. The minimum Gasteiger partial charge on any atom is -0.479 e. The molecule has 0 bridgehead atoms. The Hall–Kier alpha value is -3.84. The van der Waals surface area contributed by atoms with Crippen LogP contribution in [0.25, 0.3) is 0 Å². The van der Waals surface area contributed by atoms with Crippen LogP contribution in [-0.2, 0) is 42.9 Å². The highest BCUT2D eigenvalue weighted by molar-refractivity contribution is 5.74. The van der Waals surface area contributed by atoms with E-state index in [1.165, 1.54) is 89.9 Å². The highest BCUT2D eigenvalue weighted by Gasteiger charge is 2.50. The molecule has 1 fully saturated rings. The van der Waals surface area contributed by atoms with Gasteiger partial charge in [-0.25, -0.2) is 4.79 Å². The number of allylic oxidation sites excluding steroid dienone is 12. The van der Waals surface area contributed by atoms with E-state index in [2.05, 4.69) is 87.6 Å². The Kier molecular flexibility index (Phi) is 47.0. The van der Waals surface area contributed by atoms with Crippen LogP contribution in [0.2, 0.25) is 0 Å². The van der Waals surface area contributed by atoms with Crippen molar-refractivity contribution in [1.29, 1.82) is 0 Å². The third-order valence-corrected chi connectivity index (χ3v) is 13.3. The topological polar surface area (TPSA) is 175 Å². The van der Waals surface area contributed by atoms with Gasteiger partial charge in [0.2, 0.25) is 0 Å². The van der Waals surface area contributed by atoms with Gasteiger partial charge in [0.1, 0.15) is 18.8 Å². The second-order valence-corrected chi connectivity index (χ2v) is 20.3. The molecule has 0 aromatic rings. The molecular weight excluding hydrogens is 949 g/mol. The molecule has 0 aromatic heterocycles. The predicted octanol–water partition coefficient (Wildman–Crippen LogP) is 15.3. The minimum absolute atomic E-state index is 0.0557. The van der Waals surface area contributed by atoms with Crippen molar-refractivity contribution in [3.05, 3.63) is 72.9 Å². The largest absolute Gasteiger partial charge is 0.479 e. The Morgan fingerprint density at radius 3 is 1.35 bits per heavy atom. The van der Waals surface area contributed by atoms with Crippen LogP contribution in [0.4, 0.5) is 0 Å². The molecule has 1 rings (SSSR count). The maximum absolute atomic E-state index is 13.1. The summed E-state index contributed by atoms with van der Waals surface area (Å²) in [5.74, 6) is -3.20. The second kappa shape index (κ2) is 50.9. The van der Waals surface area contributed by atoms with Crippen LogP contribution in [-0.4, -0.2) is 89.2 Å². The summed E-state index contributed by atoms with van der Waals surface area (Å²) >= 11 is 0. The fraction of sp³-hybridized carbons (Fsp3) is 0.746. The highest BCUT2D eigenvalue weighted by atomic mass is 16.7. The molecule has 3 N–H and O–H groups in total. The van der Waals surface area contributed by atoms with E-state index < -0.39 is 67.3 Å². The van der Waals surface area contributed by atoms with Gasteiger partial charge in [0.15, 0.2) is 24.6 Å². The number of carboxylic acid groups (broad SMARTS) is 1. The third kappa shape index (κ3) is 41.0. The number of esters is 3. The average molecular weight is 1060 g/mol. The lowest BCUT2D eigenvalue weighted by atomic mass is 9.98. The van der Waals surface area contributed by atoms with Gasteiger partial charge in [-0.1, -0.05) is 222 Å². The summed E-state index contributed by atoms with van der Waals surface area (Å²) in [6, 6.07) is 0. The quantitative estimate of drug-likeness (QED) is 0.0228. The third-order valence-electron chi connectivity index (χ3n) is 13.3. The summed E-state index contributed by atoms with van der Waals surface area (Å²) in [6.45, 7) is 5.81. The number of rotatable bonds is 50. The number of hydrogen-bond acceptors (Lipinski definition) is 11. The Bertz CT molecular complexity index is 1580. The number of aliphatic hydroxyl groups excluding tert-OH is 2. The number of aliphatic hydroxyl groups is 2. The fourth-order valence-electron chi connectivity index (χ4n) is 8.69. The first-order chi connectivity index (χ1) is 36.6. The van der Waals surface area contributed by atoms with Crippen molar-refractivity contribution in [2.75, 3.05) is 13.2 Å². The highest BCUT2D eigenvalue weighted by Crippen LogP contribution is 2.26. The Balaban J connectivity index is 2.72. The van der Waals surface area contributed by atoms with E-state index in [0.717, 1.165) is 96.3 Å². The number of ether oxygens (including phenoxy) is 5. The van der Waals surface area contributed by atoms with Gasteiger partial charge in [-0.3, -0.25) is 14.4 Å². The summed E-state index contributed by atoms with van der Waals surface area (Å²) in [5, 5.41) is 31.5. The van der Waals surface area contributed by atoms with Crippen molar-refractivity contribution < 1.29 is 58.2 Å². The van der Waals surface area contributed by atoms with Gasteiger partial charge >= 0.3 is 23.9 Å². The zero-order valence-corrected chi connectivity index (χ0v) is 47.3. The van der Waals surface area contributed by atoms with Crippen molar-refractivity contribution in [2.45, 2.75) is 289 Å². The second-order valence-electron chi connectivity index (χ2n) is 20.3. The number of carboxylic acids is 1. The van der Waals surface area contributed by atoms with E-state index >= 15 is 0 Å². The summed E-state index contributed by atoms with van der Waals surface area (Å²) in [6.07, 6.45) is 51.6. The lowest BCUT2D eigenvalue weighted by Gasteiger charge is -2.40. The first kappa shape index (κ1) is 69.2. The molecular formula is C63H106O12. The molecule has 430 valence electrons. The molecule has 12 heteroatoms. The normalized spacial score (nSPS) is 18.7. The average Bonchev–Trinajstić information content (AvgIpc) is 3.39. The minimum atomic E-state index is -1.91. The summed E-state index contributed by atoms with van der Waals surface area (Å²) < 4.78 is 28.4. The summed E-state index contributed by atoms with van der Waals surface area (Å²) in [7, 11) is 0. The van der Waals surface area contributed by atoms with Crippen LogP contribution in [0.1, 0.15) is 252 Å². The Morgan fingerprint density at radius 2 is 0.853 bits per heavy atom. The molecule has 12 nitrogen and oxygen atoms in total. The molecule has 0 aliphatic carbocycles. The molecule has 6 unspecified atom stereocenters. The fourth-order valence-corrected chi connectivity index (χ4v) is 8.69. The molecule has 0 amide bonds. The molecule has 0 radical (unpaired) electrons. The predicted molar refractivity (Wildman–Crippen MR) is 303 cm³/mol. The number of unbranched alkanes of at least 4 members (excludes halogenated alkanes) is 24. The van der Waals surface area contributed by atoms with Crippen LogP contribution in [0.15, 0.2) is 72.9 Å². The summed E-state index contributed by atoms with van der Waals surface area (Å²) in [4.78, 5) is 51.1. The Morgan fingerprint density at radius 1 is 0.453 bits per heavy atom. The van der Waals surface area contributed by atoms with Crippen molar-refractivity contribution in [1.82, 2.24) is 0 Å². The van der Waals surface area contributed by atoms with Crippen LogP contribution < -0.4 is 0 Å². The molecule has 1 aliphatic heterocycles. The molecule has 0 saturated carbocycles. The van der Waals surface area contributed by atoms with Crippen LogP contribution >= 0.6 is 0 Å². The van der Waals surface area contributed by atoms with Gasteiger partial charge in [-0.15, -0.1) is 0 Å². The van der Waals surface area contributed by atoms with E-state index in [4.69, 9.17) is 23.7 Å². The van der Waals surface area contributed by atoms with Crippen LogP contribution in [0.5, 0.6) is 0 Å². The zero-order chi connectivity index (χ0) is 54.7. The van der Waals surface area contributed by atoms with E-state index in [1.54, 1.807) is 0 Å². The number of carbonyl (C=O) groups is 4. The SMILES string of the molecule is CC/C=C\C/C=C\C/C=C\C/C=C\C/C=C\CCCC(=O)OCC(COC1OC(C(=O)O)C(O)C(O)C1OC(=O)CCCCCCCCCCCCCCCCC)OC(=O)CCCCCCC/C=C\CCCCCC. The smallest absolute Gasteiger partial charge is 0.335 e. The maximum atomic E-state index is 13.1. The molecule has 75 heavy (non-hydrogen) atoms. The first-order valence-electron chi connectivity index (χ1n) is 29.9. The molecule has 0 spiro atoms. The van der Waals surface area contributed by atoms with Crippen molar-refractivity contribution >= 4 is 23.9 Å². The monoisotopic (exact) mass is 1050 g/mol. The van der Waals surface area contributed by atoms with Crippen molar-refractivity contribution in [3.8, 4) is 0 Å².